The smallest absolute Gasteiger partial charge is 0.305 e. The van der Waals surface area contributed by atoms with Gasteiger partial charge in [0.2, 0.25) is 0 Å². The molecule has 160 valence electrons. The zero-order valence-corrected chi connectivity index (χ0v) is 17.2. The van der Waals surface area contributed by atoms with Crippen LogP contribution in [0.25, 0.3) is 0 Å². The average molecular weight is 421 g/mol. The summed E-state index contributed by atoms with van der Waals surface area (Å²) in [7, 11) is 0. The topological polar surface area (TPSA) is 35.6 Å². The molecule has 0 aliphatic carbocycles. The van der Waals surface area contributed by atoms with E-state index in [1.165, 1.54) is 11.6 Å². The highest BCUT2D eigenvalue weighted by molar-refractivity contribution is 6.02. The van der Waals surface area contributed by atoms with Gasteiger partial charge in [0.15, 0.2) is 0 Å². The van der Waals surface area contributed by atoms with E-state index in [-0.39, 0.29) is 11.7 Å². The van der Waals surface area contributed by atoms with Crippen molar-refractivity contribution in [1.82, 2.24) is 4.90 Å². The van der Waals surface area contributed by atoms with Gasteiger partial charge in [-0.3, -0.25) is 9.80 Å². The first-order chi connectivity index (χ1) is 15.1. The van der Waals surface area contributed by atoms with Crippen LogP contribution in [0.3, 0.4) is 0 Å². The van der Waals surface area contributed by atoms with Crippen LogP contribution in [-0.2, 0) is 6.54 Å². The lowest BCUT2D eigenvalue weighted by atomic mass is 10.0. The van der Waals surface area contributed by atoms with Crippen molar-refractivity contribution in [3.05, 3.63) is 96.1 Å². The second-order valence-corrected chi connectivity index (χ2v) is 7.75. The highest BCUT2D eigenvalue weighted by Crippen LogP contribution is 2.26. The molecule has 1 heterocycles. The highest BCUT2D eigenvalue weighted by Gasteiger charge is 2.29. The maximum Gasteiger partial charge on any atom is 0.326 e. The number of para-hydroxylation sites is 1. The lowest BCUT2D eigenvalue weighted by molar-refractivity contribution is 0.199. The van der Waals surface area contributed by atoms with Crippen LogP contribution in [0.1, 0.15) is 18.4 Å². The number of piperidine rings is 1. The summed E-state index contributed by atoms with van der Waals surface area (Å²) in [6, 6.07) is 22.4. The number of hydrogen-bond acceptors (Lipinski definition) is 2. The molecule has 0 aromatic heterocycles. The molecule has 0 spiro atoms. The van der Waals surface area contributed by atoms with E-state index in [2.05, 4.69) is 22.3 Å². The highest BCUT2D eigenvalue weighted by atomic mass is 19.1. The summed E-state index contributed by atoms with van der Waals surface area (Å²) < 4.78 is 27.3. The molecule has 0 atom stereocenters. The summed E-state index contributed by atoms with van der Waals surface area (Å²) in [5, 5.41) is 2.62. The Labute approximate surface area is 181 Å². The largest absolute Gasteiger partial charge is 0.326 e. The molecule has 3 aromatic carbocycles. The van der Waals surface area contributed by atoms with Gasteiger partial charge >= 0.3 is 6.03 Å². The number of nitrogens with one attached hydrogen (secondary N) is 1. The maximum atomic E-state index is 14.1. The molecule has 0 saturated carbocycles. The zero-order valence-electron chi connectivity index (χ0n) is 17.2. The molecule has 2 amide bonds. The van der Waals surface area contributed by atoms with Crippen LogP contribution >= 0.6 is 0 Å². The molecule has 1 saturated heterocycles. The summed E-state index contributed by atoms with van der Waals surface area (Å²) in [5.74, 6) is -1.47. The first kappa shape index (κ1) is 21.0. The van der Waals surface area contributed by atoms with Crippen molar-refractivity contribution >= 4 is 17.4 Å². The quantitative estimate of drug-likeness (QED) is 0.576. The molecule has 0 bridgehead atoms. The van der Waals surface area contributed by atoms with Gasteiger partial charge in [-0.15, -0.1) is 0 Å². The Balaban J connectivity index is 1.47. The lowest BCUT2D eigenvalue weighted by Gasteiger charge is -2.38. The van der Waals surface area contributed by atoms with Gasteiger partial charge in [-0.05, 0) is 42.7 Å². The lowest BCUT2D eigenvalue weighted by Crippen LogP contribution is -2.49. The SMILES string of the molecule is O=C(Nc1ccc(F)cc1F)N(c1ccccc1)C1CCN(Cc2ccccc2)CC1. The predicted molar refractivity (Wildman–Crippen MR) is 119 cm³/mol. The Morgan fingerprint density at radius 3 is 2.23 bits per heavy atom. The standard InChI is InChI=1S/C25H25F2N3O/c26-20-11-12-24(23(27)17-20)28-25(31)30(21-9-5-2-6-10-21)22-13-15-29(16-14-22)18-19-7-3-1-4-8-19/h1-12,17,22H,13-16,18H2,(H,28,31). The molecular weight excluding hydrogens is 396 g/mol. The summed E-state index contributed by atoms with van der Waals surface area (Å²) in [4.78, 5) is 17.2. The molecule has 4 rings (SSSR count). The zero-order chi connectivity index (χ0) is 21.6. The maximum absolute atomic E-state index is 14.1. The second kappa shape index (κ2) is 9.71. The number of carbonyl (C=O) groups is 1. The Morgan fingerprint density at radius 2 is 1.58 bits per heavy atom. The van der Waals surface area contributed by atoms with Gasteiger partial charge in [0.1, 0.15) is 11.6 Å². The van der Waals surface area contributed by atoms with Crippen molar-refractivity contribution < 1.29 is 13.6 Å². The van der Waals surface area contributed by atoms with E-state index in [9.17, 15) is 13.6 Å². The van der Waals surface area contributed by atoms with E-state index >= 15 is 0 Å². The van der Waals surface area contributed by atoms with Gasteiger partial charge in [0, 0.05) is 37.4 Å². The number of halogens is 2. The summed E-state index contributed by atoms with van der Waals surface area (Å²) >= 11 is 0. The molecule has 0 unspecified atom stereocenters. The summed E-state index contributed by atoms with van der Waals surface area (Å²) in [5.41, 5.74) is 1.99. The summed E-state index contributed by atoms with van der Waals surface area (Å²) in [6.45, 7) is 2.61. The van der Waals surface area contributed by atoms with Gasteiger partial charge in [-0.2, -0.15) is 0 Å². The molecule has 4 nitrogen and oxygen atoms in total. The predicted octanol–water partition coefficient (Wildman–Crippen LogP) is 5.67. The van der Waals surface area contributed by atoms with E-state index in [1.807, 2.05) is 48.5 Å². The third kappa shape index (κ3) is 5.27. The van der Waals surface area contributed by atoms with Crippen molar-refractivity contribution in [2.24, 2.45) is 0 Å². The van der Waals surface area contributed by atoms with Crippen LogP contribution in [0.5, 0.6) is 0 Å². The van der Waals surface area contributed by atoms with Crippen LogP contribution in [0.2, 0.25) is 0 Å². The van der Waals surface area contributed by atoms with Gasteiger partial charge in [0.05, 0.1) is 5.69 Å². The normalized spacial score (nSPS) is 14.9. The third-order valence-electron chi connectivity index (χ3n) is 5.60. The number of carbonyl (C=O) groups excluding carboxylic acids is 1. The van der Waals surface area contributed by atoms with Crippen LogP contribution in [0, 0.1) is 11.6 Å². The Morgan fingerprint density at radius 1 is 0.935 bits per heavy atom. The van der Waals surface area contributed by atoms with E-state index in [1.54, 1.807) is 4.90 Å². The van der Waals surface area contributed by atoms with E-state index < -0.39 is 17.7 Å². The molecule has 31 heavy (non-hydrogen) atoms. The van der Waals surface area contributed by atoms with Crippen molar-refractivity contribution in [3.8, 4) is 0 Å². The Hall–Kier alpha value is -3.25. The molecular formula is C25H25F2N3O. The molecule has 1 N–H and O–H groups in total. The monoisotopic (exact) mass is 421 g/mol. The van der Waals surface area contributed by atoms with E-state index in [4.69, 9.17) is 0 Å². The van der Waals surface area contributed by atoms with Gasteiger partial charge in [0.25, 0.3) is 0 Å². The minimum atomic E-state index is -0.793. The van der Waals surface area contributed by atoms with Crippen molar-refractivity contribution in [1.29, 1.82) is 0 Å². The van der Waals surface area contributed by atoms with Crippen molar-refractivity contribution in [2.45, 2.75) is 25.4 Å². The molecule has 1 aliphatic rings. The van der Waals surface area contributed by atoms with Crippen LogP contribution in [0.4, 0.5) is 25.0 Å². The van der Waals surface area contributed by atoms with Gasteiger partial charge in [-0.25, -0.2) is 13.6 Å². The Kier molecular flexibility index (Phi) is 6.57. The Bertz CT molecular complexity index is 1010. The van der Waals surface area contributed by atoms with Crippen LogP contribution in [-0.4, -0.2) is 30.1 Å². The molecule has 1 fully saturated rings. The van der Waals surface area contributed by atoms with Crippen molar-refractivity contribution in [2.75, 3.05) is 23.3 Å². The molecule has 6 heteroatoms. The van der Waals surface area contributed by atoms with E-state index in [0.29, 0.717) is 0 Å². The summed E-state index contributed by atoms with van der Waals surface area (Å²) in [6.07, 6.45) is 1.61. The second-order valence-electron chi connectivity index (χ2n) is 7.75. The first-order valence-electron chi connectivity index (χ1n) is 10.5. The molecule has 1 aliphatic heterocycles. The van der Waals surface area contributed by atoms with E-state index in [0.717, 1.165) is 50.3 Å². The first-order valence-corrected chi connectivity index (χ1v) is 10.5. The number of anilines is 2. The minimum absolute atomic E-state index is 0.0158. The number of nitrogens with zero attached hydrogens (tertiary/aromatic N) is 2. The molecule has 0 radical (unpaired) electrons. The number of amides is 2. The fourth-order valence-electron chi connectivity index (χ4n) is 4.03. The van der Waals surface area contributed by atoms with Crippen LogP contribution < -0.4 is 10.2 Å². The number of benzene rings is 3. The van der Waals surface area contributed by atoms with Crippen molar-refractivity contribution in [3.63, 3.8) is 0 Å². The average Bonchev–Trinajstić information content (AvgIpc) is 2.79. The molecule has 3 aromatic rings. The third-order valence-corrected chi connectivity index (χ3v) is 5.60. The fraction of sp³-hybridized carbons (Fsp3) is 0.240. The number of rotatable bonds is 5. The number of likely N-dealkylation sites (tertiary alicyclic amines) is 1. The number of hydrogen-bond donors (Lipinski definition) is 1. The van der Waals surface area contributed by atoms with Gasteiger partial charge < -0.3 is 5.32 Å². The minimum Gasteiger partial charge on any atom is -0.305 e. The van der Waals surface area contributed by atoms with Gasteiger partial charge in [-0.1, -0.05) is 48.5 Å². The number of urea groups is 1. The van der Waals surface area contributed by atoms with Crippen LogP contribution in [0.15, 0.2) is 78.9 Å². The fourth-order valence-corrected chi connectivity index (χ4v) is 4.03.